The zero-order chi connectivity index (χ0) is 23.3. The Balaban J connectivity index is 1.51. The molecule has 12 nitrogen and oxygen atoms in total. The van der Waals surface area contributed by atoms with E-state index in [1.807, 2.05) is 0 Å². The third kappa shape index (κ3) is 3.88. The molecule has 5 heterocycles. The van der Waals surface area contributed by atoms with Crippen LogP contribution in [0.5, 0.6) is 0 Å². The van der Waals surface area contributed by atoms with E-state index in [0.717, 1.165) is 35.6 Å². The Morgan fingerprint density at radius 1 is 1.12 bits per heavy atom. The van der Waals surface area contributed by atoms with Crippen LogP contribution in [0.1, 0.15) is 12.5 Å². The Labute approximate surface area is 193 Å². The van der Waals surface area contributed by atoms with Crippen LogP contribution in [-0.4, -0.2) is 103 Å². The summed E-state index contributed by atoms with van der Waals surface area (Å²) in [7, 11) is -0.304. The fourth-order valence-electron chi connectivity index (χ4n) is 4.51. The van der Waals surface area contributed by atoms with Crippen LogP contribution in [0.25, 0.3) is 11.3 Å². The highest BCUT2D eigenvalue weighted by Crippen LogP contribution is 2.38. The topological polar surface area (TPSA) is 134 Å². The minimum atomic E-state index is -3.41. The molecule has 2 N–H and O–H groups in total. The van der Waals surface area contributed by atoms with E-state index in [4.69, 9.17) is 20.4 Å². The molecular weight excluding hydrogens is 446 g/mol. The monoisotopic (exact) mass is 475 g/mol. The molecule has 5 rings (SSSR count). The second-order valence-corrected chi connectivity index (χ2v) is 11.0. The lowest BCUT2D eigenvalue weighted by molar-refractivity contribution is 0.0981. The van der Waals surface area contributed by atoms with Crippen molar-refractivity contribution < 1.29 is 13.2 Å². The fourth-order valence-corrected chi connectivity index (χ4v) is 5.69. The molecule has 0 radical (unpaired) electrons. The fraction of sp³-hybridized carbons (Fsp3) is 0.600. The first-order valence-corrected chi connectivity index (χ1v) is 12.4. The molecule has 0 aliphatic carbocycles. The number of aromatic nitrogens is 4. The minimum Gasteiger partial charge on any atom is -0.377 e. The van der Waals surface area contributed by atoms with E-state index in [-0.39, 0.29) is 18.0 Å². The SMILES string of the molecule is CC1COCCN1c1nc(-c2cnc(N)nc2)c2c(n1)N(C1CN(S(=O)(=O)N(C)C)C1)CC2. The number of fused-ring (bicyclic) bond motifs is 1. The minimum absolute atomic E-state index is 0.0707. The molecule has 1 unspecified atom stereocenters. The number of morpholine rings is 1. The van der Waals surface area contributed by atoms with Crippen LogP contribution in [0, 0.1) is 0 Å². The maximum Gasteiger partial charge on any atom is 0.281 e. The van der Waals surface area contributed by atoms with E-state index in [9.17, 15) is 8.42 Å². The van der Waals surface area contributed by atoms with E-state index in [2.05, 4.69) is 26.7 Å². The van der Waals surface area contributed by atoms with Gasteiger partial charge in [0.25, 0.3) is 10.2 Å². The van der Waals surface area contributed by atoms with Crippen molar-refractivity contribution in [3.63, 3.8) is 0 Å². The smallest absolute Gasteiger partial charge is 0.281 e. The van der Waals surface area contributed by atoms with E-state index in [1.165, 1.54) is 8.61 Å². The molecule has 0 aromatic carbocycles. The van der Waals surface area contributed by atoms with Crippen LogP contribution >= 0.6 is 0 Å². The third-order valence-corrected chi connectivity index (χ3v) is 8.35. The average Bonchev–Trinajstić information content (AvgIpc) is 3.16. The van der Waals surface area contributed by atoms with Crippen molar-refractivity contribution in [3.05, 3.63) is 18.0 Å². The lowest BCUT2D eigenvalue weighted by Crippen LogP contribution is -2.62. The van der Waals surface area contributed by atoms with E-state index < -0.39 is 10.2 Å². The standard InChI is InChI=1S/C20H29N9O3S/c1-13-12-32-7-6-28(13)20-24-17(14-8-22-19(21)23-9-14)16-4-5-29(18(16)25-20)15-10-27(11-15)33(30,31)26(2)3/h8-9,13,15H,4-7,10-12H2,1-3H3,(H2,21,22,23). The largest absolute Gasteiger partial charge is 0.377 e. The van der Waals surface area contributed by atoms with E-state index in [1.54, 1.807) is 26.5 Å². The zero-order valence-corrected chi connectivity index (χ0v) is 19.9. The molecule has 178 valence electrons. The normalized spacial score (nSPS) is 22.0. The Kier molecular flexibility index (Phi) is 5.59. The molecule has 0 saturated carbocycles. The van der Waals surface area contributed by atoms with Crippen LogP contribution in [0.4, 0.5) is 17.7 Å². The summed E-state index contributed by atoms with van der Waals surface area (Å²) in [6.07, 6.45) is 4.15. The number of nitrogen functional groups attached to an aromatic ring is 1. The van der Waals surface area contributed by atoms with Crippen molar-refractivity contribution in [3.8, 4) is 11.3 Å². The predicted molar refractivity (Wildman–Crippen MR) is 124 cm³/mol. The van der Waals surface area contributed by atoms with Crippen LogP contribution in [-0.2, 0) is 21.4 Å². The highest BCUT2D eigenvalue weighted by atomic mass is 32.2. The average molecular weight is 476 g/mol. The van der Waals surface area contributed by atoms with E-state index in [0.29, 0.717) is 38.8 Å². The van der Waals surface area contributed by atoms with Crippen molar-refractivity contribution in [2.75, 3.05) is 69.0 Å². The molecule has 0 spiro atoms. The Hall–Kier alpha value is -2.61. The number of rotatable bonds is 5. The number of nitrogens with two attached hydrogens (primary N) is 1. The molecule has 2 fully saturated rings. The lowest BCUT2D eigenvalue weighted by Gasteiger charge is -2.44. The first-order valence-electron chi connectivity index (χ1n) is 11.0. The van der Waals surface area contributed by atoms with Gasteiger partial charge in [-0.3, -0.25) is 0 Å². The lowest BCUT2D eigenvalue weighted by atomic mass is 10.1. The molecule has 33 heavy (non-hydrogen) atoms. The molecule has 13 heteroatoms. The summed E-state index contributed by atoms with van der Waals surface area (Å²) < 4.78 is 33.2. The van der Waals surface area contributed by atoms with Gasteiger partial charge in [-0.1, -0.05) is 0 Å². The predicted octanol–water partition coefficient (Wildman–Crippen LogP) is -0.406. The van der Waals surface area contributed by atoms with Gasteiger partial charge in [0.1, 0.15) is 5.82 Å². The summed E-state index contributed by atoms with van der Waals surface area (Å²) >= 11 is 0. The molecule has 2 aromatic rings. The number of nitrogens with zero attached hydrogens (tertiary/aromatic N) is 8. The zero-order valence-electron chi connectivity index (χ0n) is 19.0. The highest BCUT2D eigenvalue weighted by molar-refractivity contribution is 7.86. The summed E-state index contributed by atoms with van der Waals surface area (Å²) in [5.74, 6) is 1.71. The van der Waals surface area contributed by atoms with Crippen molar-refractivity contribution in [2.45, 2.75) is 25.4 Å². The highest BCUT2D eigenvalue weighted by Gasteiger charge is 2.43. The van der Waals surface area contributed by atoms with Gasteiger partial charge in [-0.25, -0.2) is 15.0 Å². The number of hydrogen-bond donors (Lipinski definition) is 1. The third-order valence-electron chi connectivity index (χ3n) is 6.48. The van der Waals surface area contributed by atoms with Gasteiger partial charge in [0.15, 0.2) is 0 Å². The Morgan fingerprint density at radius 2 is 1.85 bits per heavy atom. The van der Waals surface area contributed by atoms with Gasteiger partial charge < -0.3 is 20.3 Å². The second kappa shape index (κ2) is 8.31. The summed E-state index contributed by atoms with van der Waals surface area (Å²) in [6, 6.07) is 0.216. The molecular formula is C20H29N9O3S. The summed E-state index contributed by atoms with van der Waals surface area (Å²) in [5, 5.41) is 0. The second-order valence-electron chi connectivity index (χ2n) is 8.83. The van der Waals surface area contributed by atoms with Gasteiger partial charge in [0, 0.05) is 63.8 Å². The maximum absolute atomic E-state index is 12.4. The number of anilines is 3. The first kappa shape index (κ1) is 22.2. The number of ether oxygens (including phenoxy) is 1. The summed E-state index contributed by atoms with van der Waals surface area (Å²) in [4.78, 5) is 22.6. The quantitative estimate of drug-likeness (QED) is 0.608. The van der Waals surface area contributed by atoms with E-state index >= 15 is 0 Å². The van der Waals surface area contributed by atoms with Crippen molar-refractivity contribution in [1.82, 2.24) is 28.5 Å². The summed E-state index contributed by atoms with van der Waals surface area (Å²) in [5.41, 5.74) is 8.31. The molecule has 0 amide bonds. The van der Waals surface area contributed by atoms with Crippen molar-refractivity contribution in [2.24, 2.45) is 0 Å². The van der Waals surface area contributed by atoms with Gasteiger partial charge in [0.2, 0.25) is 11.9 Å². The Bertz CT molecular complexity index is 1140. The molecule has 2 saturated heterocycles. The molecule has 3 aliphatic heterocycles. The molecule has 2 aromatic heterocycles. The van der Waals surface area contributed by atoms with Gasteiger partial charge in [-0.05, 0) is 13.3 Å². The molecule has 1 atom stereocenters. The van der Waals surface area contributed by atoms with Crippen molar-refractivity contribution in [1.29, 1.82) is 0 Å². The van der Waals surface area contributed by atoms with Gasteiger partial charge in [-0.15, -0.1) is 0 Å². The van der Waals surface area contributed by atoms with Crippen LogP contribution in [0.2, 0.25) is 0 Å². The van der Waals surface area contributed by atoms with Crippen LogP contribution in [0.15, 0.2) is 12.4 Å². The Morgan fingerprint density at radius 3 is 2.52 bits per heavy atom. The van der Waals surface area contributed by atoms with Crippen LogP contribution < -0.4 is 15.5 Å². The summed E-state index contributed by atoms with van der Waals surface area (Å²) in [6.45, 7) is 5.67. The molecule has 3 aliphatic rings. The van der Waals surface area contributed by atoms with Crippen LogP contribution in [0.3, 0.4) is 0 Å². The van der Waals surface area contributed by atoms with Gasteiger partial charge >= 0.3 is 0 Å². The molecule has 0 bridgehead atoms. The van der Waals surface area contributed by atoms with Gasteiger partial charge in [0.05, 0.1) is 31.0 Å². The van der Waals surface area contributed by atoms with Gasteiger partial charge in [-0.2, -0.15) is 22.0 Å². The number of hydrogen-bond acceptors (Lipinski definition) is 10. The first-order chi connectivity index (χ1) is 15.8. The maximum atomic E-state index is 12.4. The van der Waals surface area contributed by atoms with Crippen molar-refractivity contribution >= 4 is 27.9 Å².